The number of thioether (sulfide) groups is 1. The molecule has 102 valence electrons. The third-order valence-electron chi connectivity index (χ3n) is 2.54. The number of nitrogens with zero attached hydrogens (tertiary/aromatic N) is 1. The number of aliphatic hydroxyl groups is 1. The van der Waals surface area contributed by atoms with Gasteiger partial charge in [0.25, 0.3) is 0 Å². The largest absolute Gasteiger partial charge is 0.393 e. The molecule has 0 aromatic rings. The summed E-state index contributed by atoms with van der Waals surface area (Å²) < 4.78 is 0. The van der Waals surface area contributed by atoms with Gasteiger partial charge in [-0.1, -0.05) is 13.8 Å². The molecule has 5 heteroatoms. The van der Waals surface area contributed by atoms with Crippen LogP contribution in [0.2, 0.25) is 0 Å². The van der Waals surface area contributed by atoms with Crippen molar-refractivity contribution >= 4 is 17.8 Å². The molecule has 0 rings (SSSR count). The molecule has 2 N–H and O–H groups in total. The highest BCUT2D eigenvalue weighted by atomic mass is 32.2. The van der Waals surface area contributed by atoms with Crippen LogP contribution in [0, 0.1) is 5.41 Å². The average molecular weight is 262 g/mol. The molecule has 1 unspecified atom stereocenters. The third kappa shape index (κ3) is 8.32. The summed E-state index contributed by atoms with van der Waals surface area (Å²) in [5.74, 6) is 0.945. The quantitative estimate of drug-likeness (QED) is 0.735. The van der Waals surface area contributed by atoms with Crippen molar-refractivity contribution < 1.29 is 9.90 Å². The number of carbonyl (C=O) groups excluding carboxylic acids is 1. The average Bonchev–Trinajstić information content (AvgIpc) is 2.20. The summed E-state index contributed by atoms with van der Waals surface area (Å²) in [6.45, 7) is 7.20. The number of rotatable bonds is 7. The van der Waals surface area contributed by atoms with Crippen LogP contribution in [0.3, 0.4) is 0 Å². The minimum absolute atomic E-state index is 0.0438. The predicted molar refractivity (Wildman–Crippen MR) is 74.5 cm³/mol. The van der Waals surface area contributed by atoms with E-state index in [2.05, 4.69) is 5.32 Å². The van der Waals surface area contributed by atoms with Gasteiger partial charge in [-0.15, -0.1) is 0 Å². The topological polar surface area (TPSA) is 52.6 Å². The van der Waals surface area contributed by atoms with Crippen molar-refractivity contribution in [3.63, 3.8) is 0 Å². The van der Waals surface area contributed by atoms with E-state index in [4.69, 9.17) is 0 Å². The summed E-state index contributed by atoms with van der Waals surface area (Å²) in [6.07, 6.45) is 2.37. The van der Waals surface area contributed by atoms with E-state index in [0.717, 1.165) is 12.3 Å². The fourth-order valence-corrected chi connectivity index (χ4v) is 2.11. The van der Waals surface area contributed by atoms with Gasteiger partial charge >= 0.3 is 6.03 Å². The lowest BCUT2D eigenvalue weighted by Gasteiger charge is -2.27. The highest BCUT2D eigenvalue weighted by molar-refractivity contribution is 7.98. The van der Waals surface area contributed by atoms with E-state index in [0.29, 0.717) is 13.0 Å². The van der Waals surface area contributed by atoms with Gasteiger partial charge in [-0.3, -0.25) is 0 Å². The Morgan fingerprint density at radius 2 is 2.12 bits per heavy atom. The molecule has 0 aromatic heterocycles. The Labute approximate surface area is 109 Å². The van der Waals surface area contributed by atoms with E-state index in [9.17, 15) is 9.90 Å². The maximum Gasteiger partial charge on any atom is 0.317 e. The minimum Gasteiger partial charge on any atom is -0.393 e. The van der Waals surface area contributed by atoms with Crippen LogP contribution in [-0.2, 0) is 0 Å². The van der Waals surface area contributed by atoms with Crippen molar-refractivity contribution in [3.8, 4) is 0 Å². The van der Waals surface area contributed by atoms with Crippen LogP contribution in [0.1, 0.15) is 27.2 Å². The molecule has 0 bridgehead atoms. The van der Waals surface area contributed by atoms with Gasteiger partial charge in [0.05, 0.1) is 6.10 Å². The molecular weight excluding hydrogens is 236 g/mol. The van der Waals surface area contributed by atoms with Crippen molar-refractivity contribution in [3.05, 3.63) is 0 Å². The minimum atomic E-state index is -0.337. The van der Waals surface area contributed by atoms with Gasteiger partial charge in [0.15, 0.2) is 0 Å². The van der Waals surface area contributed by atoms with E-state index in [-0.39, 0.29) is 17.6 Å². The number of urea groups is 1. The van der Waals surface area contributed by atoms with E-state index >= 15 is 0 Å². The number of nitrogens with one attached hydrogen (secondary N) is 1. The van der Waals surface area contributed by atoms with Crippen molar-refractivity contribution in [1.29, 1.82) is 0 Å². The number of hydrogen-bond acceptors (Lipinski definition) is 3. The molecule has 0 radical (unpaired) electrons. The van der Waals surface area contributed by atoms with E-state index in [1.54, 1.807) is 30.6 Å². The first-order valence-electron chi connectivity index (χ1n) is 5.94. The Balaban J connectivity index is 3.97. The summed E-state index contributed by atoms with van der Waals surface area (Å²) in [6, 6.07) is -0.0438. The second-order valence-corrected chi connectivity index (χ2v) is 6.28. The molecule has 1 atom stereocenters. The van der Waals surface area contributed by atoms with Gasteiger partial charge in [0.1, 0.15) is 0 Å². The van der Waals surface area contributed by atoms with Crippen molar-refractivity contribution in [1.82, 2.24) is 10.2 Å². The van der Waals surface area contributed by atoms with Crippen LogP contribution in [-0.4, -0.2) is 54.3 Å². The third-order valence-corrected chi connectivity index (χ3v) is 3.13. The van der Waals surface area contributed by atoms with Crippen LogP contribution in [0.25, 0.3) is 0 Å². The first kappa shape index (κ1) is 16.6. The zero-order valence-electron chi connectivity index (χ0n) is 11.6. The van der Waals surface area contributed by atoms with E-state index in [1.807, 2.05) is 20.1 Å². The Kier molecular flexibility index (Phi) is 7.63. The SMILES string of the molecule is CSCCN(C)C(=O)NCC(C)(C)CC(C)O. The van der Waals surface area contributed by atoms with Crippen LogP contribution >= 0.6 is 11.8 Å². The Hall–Kier alpha value is -0.420. The summed E-state index contributed by atoms with van der Waals surface area (Å²) in [5.41, 5.74) is -0.0792. The molecule has 2 amide bonds. The smallest absolute Gasteiger partial charge is 0.317 e. The van der Waals surface area contributed by atoms with Gasteiger partial charge in [0, 0.05) is 25.9 Å². The van der Waals surface area contributed by atoms with Crippen LogP contribution in [0.5, 0.6) is 0 Å². The summed E-state index contributed by atoms with van der Waals surface area (Å²) in [7, 11) is 1.80. The number of amides is 2. The van der Waals surface area contributed by atoms with Gasteiger partial charge < -0.3 is 15.3 Å². The Bertz CT molecular complexity index is 233. The van der Waals surface area contributed by atoms with Gasteiger partial charge in [-0.05, 0) is 25.0 Å². The number of hydrogen-bond donors (Lipinski definition) is 2. The molecule has 0 fully saturated rings. The molecule has 0 saturated carbocycles. The summed E-state index contributed by atoms with van der Waals surface area (Å²) in [5, 5.41) is 12.3. The zero-order valence-corrected chi connectivity index (χ0v) is 12.4. The second-order valence-electron chi connectivity index (χ2n) is 5.29. The predicted octanol–water partition coefficient (Wildman–Crippen LogP) is 1.79. The molecule has 0 aromatic carbocycles. The molecule has 0 saturated heterocycles. The lowest BCUT2D eigenvalue weighted by molar-refractivity contribution is 0.127. The fourth-order valence-electron chi connectivity index (χ4n) is 1.65. The molecule has 17 heavy (non-hydrogen) atoms. The van der Waals surface area contributed by atoms with Crippen LogP contribution < -0.4 is 5.32 Å². The molecule has 0 aliphatic heterocycles. The number of carbonyl (C=O) groups is 1. The fraction of sp³-hybridized carbons (Fsp3) is 0.917. The monoisotopic (exact) mass is 262 g/mol. The lowest BCUT2D eigenvalue weighted by atomic mass is 9.87. The van der Waals surface area contributed by atoms with Gasteiger partial charge in [-0.2, -0.15) is 11.8 Å². The highest BCUT2D eigenvalue weighted by Crippen LogP contribution is 2.21. The normalized spacial score (nSPS) is 13.3. The van der Waals surface area contributed by atoms with E-state index in [1.165, 1.54) is 0 Å². The Morgan fingerprint density at radius 3 is 2.59 bits per heavy atom. The zero-order chi connectivity index (χ0) is 13.5. The number of aliphatic hydroxyl groups excluding tert-OH is 1. The summed E-state index contributed by atoms with van der Waals surface area (Å²) >= 11 is 1.72. The molecule has 0 aliphatic carbocycles. The molecular formula is C12H26N2O2S. The van der Waals surface area contributed by atoms with Gasteiger partial charge in [-0.25, -0.2) is 4.79 Å². The van der Waals surface area contributed by atoms with Crippen molar-refractivity contribution in [2.24, 2.45) is 5.41 Å². The molecule has 0 aliphatic rings. The van der Waals surface area contributed by atoms with Crippen LogP contribution in [0.4, 0.5) is 4.79 Å². The van der Waals surface area contributed by atoms with E-state index < -0.39 is 0 Å². The lowest BCUT2D eigenvalue weighted by Crippen LogP contribution is -2.43. The first-order chi connectivity index (χ1) is 7.78. The maximum atomic E-state index is 11.7. The maximum absolute atomic E-state index is 11.7. The van der Waals surface area contributed by atoms with Crippen LogP contribution in [0.15, 0.2) is 0 Å². The second kappa shape index (κ2) is 7.82. The first-order valence-corrected chi connectivity index (χ1v) is 7.34. The summed E-state index contributed by atoms with van der Waals surface area (Å²) in [4.78, 5) is 13.4. The molecule has 0 spiro atoms. The van der Waals surface area contributed by atoms with Gasteiger partial charge in [0.2, 0.25) is 0 Å². The standard InChI is InChI=1S/C12H26N2O2S/c1-10(15)8-12(2,3)9-13-11(16)14(4)6-7-17-5/h10,15H,6-9H2,1-5H3,(H,13,16). The molecule has 4 nitrogen and oxygen atoms in total. The van der Waals surface area contributed by atoms with Crippen molar-refractivity contribution in [2.45, 2.75) is 33.3 Å². The van der Waals surface area contributed by atoms with Crippen molar-refractivity contribution in [2.75, 3.05) is 32.1 Å². The Morgan fingerprint density at radius 1 is 1.53 bits per heavy atom. The highest BCUT2D eigenvalue weighted by Gasteiger charge is 2.21. The molecule has 0 heterocycles.